The summed E-state index contributed by atoms with van der Waals surface area (Å²) in [6, 6.07) is 18.0. The first-order valence-electron chi connectivity index (χ1n) is 11.3. The van der Waals surface area contributed by atoms with E-state index in [9.17, 15) is 0 Å². The van der Waals surface area contributed by atoms with Gasteiger partial charge in [-0.05, 0) is 29.8 Å². The molecule has 1 aliphatic rings. The molecule has 0 atom stereocenters. The van der Waals surface area contributed by atoms with Crippen molar-refractivity contribution in [3.8, 4) is 17.2 Å². The first-order chi connectivity index (χ1) is 16.3. The highest BCUT2D eigenvalue weighted by Gasteiger charge is 2.10. The van der Waals surface area contributed by atoms with E-state index in [1.807, 2.05) is 42.5 Å². The predicted octanol–water partition coefficient (Wildman–Crippen LogP) is 3.54. The zero-order chi connectivity index (χ0) is 22.7. The Morgan fingerprint density at radius 3 is 2.65 bits per heavy atom. The molecule has 34 heavy (non-hydrogen) atoms. The van der Waals surface area contributed by atoms with Crippen molar-refractivity contribution in [3.63, 3.8) is 0 Å². The first-order valence-corrected chi connectivity index (χ1v) is 11.3. The number of nitrogens with zero attached hydrogens (tertiary/aromatic N) is 3. The van der Waals surface area contributed by atoms with Crippen LogP contribution in [0.1, 0.15) is 11.3 Å². The average molecular weight is 577 g/mol. The molecule has 1 fully saturated rings. The number of benzene rings is 2. The Hall–Kier alpha value is -2.63. The number of nitrogens with one attached hydrogen (secondary N) is 2. The van der Waals surface area contributed by atoms with Gasteiger partial charge in [0.1, 0.15) is 18.6 Å². The standard InChI is InChI=1S/C25H31N5O3.HI/c1-26-25(28-18-22-19-33-24(29-22)21-7-3-2-4-8-21)27-17-20-6-5-9-23(16-20)32-15-12-30-10-13-31-14-11-30;/h2-9,16,19H,10-15,17-18H2,1H3,(H2,26,27,28);1H. The fourth-order valence-electron chi connectivity index (χ4n) is 3.54. The molecule has 8 nitrogen and oxygen atoms in total. The summed E-state index contributed by atoms with van der Waals surface area (Å²) in [5.41, 5.74) is 2.89. The van der Waals surface area contributed by atoms with Crippen molar-refractivity contribution in [2.75, 3.05) is 46.5 Å². The predicted molar refractivity (Wildman–Crippen MR) is 144 cm³/mol. The summed E-state index contributed by atoms with van der Waals surface area (Å²) in [6.45, 7) is 6.29. The molecule has 0 unspecified atom stereocenters. The summed E-state index contributed by atoms with van der Waals surface area (Å²) in [7, 11) is 1.75. The Kier molecular flexibility index (Phi) is 10.6. The third kappa shape index (κ3) is 8.00. The topological polar surface area (TPSA) is 84.2 Å². The van der Waals surface area contributed by atoms with Gasteiger partial charge in [0.05, 0.1) is 25.5 Å². The minimum absolute atomic E-state index is 0. The zero-order valence-electron chi connectivity index (χ0n) is 19.4. The van der Waals surface area contributed by atoms with E-state index in [1.54, 1.807) is 13.3 Å². The summed E-state index contributed by atoms with van der Waals surface area (Å²) in [4.78, 5) is 11.2. The minimum Gasteiger partial charge on any atom is -0.492 e. The molecule has 0 saturated carbocycles. The number of hydrogen-bond donors (Lipinski definition) is 2. The molecular formula is C25H32IN5O3. The molecule has 0 aliphatic carbocycles. The molecule has 1 aromatic heterocycles. The molecule has 0 amide bonds. The summed E-state index contributed by atoms with van der Waals surface area (Å²) in [5.74, 6) is 2.18. The number of rotatable bonds is 9. The van der Waals surface area contributed by atoms with Crippen LogP contribution < -0.4 is 15.4 Å². The highest BCUT2D eigenvalue weighted by molar-refractivity contribution is 14.0. The largest absolute Gasteiger partial charge is 0.492 e. The Labute approximate surface area is 217 Å². The number of aliphatic imine (C=N–C) groups is 1. The van der Waals surface area contributed by atoms with E-state index in [-0.39, 0.29) is 24.0 Å². The number of halogens is 1. The molecule has 182 valence electrons. The van der Waals surface area contributed by atoms with Crippen LogP contribution in [-0.2, 0) is 17.8 Å². The Balaban J connectivity index is 0.00000324. The highest BCUT2D eigenvalue weighted by atomic mass is 127. The van der Waals surface area contributed by atoms with Crippen molar-refractivity contribution in [2.45, 2.75) is 13.1 Å². The Morgan fingerprint density at radius 2 is 1.85 bits per heavy atom. The lowest BCUT2D eigenvalue weighted by Crippen LogP contribution is -2.38. The Bertz CT molecular complexity index is 1020. The maximum Gasteiger partial charge on any atom is 0.226 e. The van der Waals surface area contributed by atoms with Crippen molar-refractivity contribution in [1.29, 1.82) is 0 Å². The van der Waals surface area contributed by atoms with Crippen molar-refractivity contribution >= 4 is 29.9 Å². The van der Waals surface area contributed by atoms with Gasteiger partial charge in [0.15, 0.2) is 5.96 Å². The molecular weight excluding hydrogens is 545 g/mol. The van der Waals surface area contributed by atoms with Gasteiger partial charge in [0.2, 0.25) is 5.89 Å². The maximum absolute atomic E-state index is 5.95. The molecule has 0 spiro atoms. The second-order valence-electron chi connectivity index (χ2n) is 7.74. The minimum atomic E-state index is 0. The summed E-state index contributed by atoms with van der Waals surface area (Å²) in [6.07, 6.45) is 1.67. The van der Waals surface area contributed by atoms with E-state index >= 15 is 0 Å². The lowest BCUT2D eigenvalue weighted by Gasteiger charge is -2.26. The monoisotopic (exact) mass is 577 g/mol. The van der Waals surface area contributed by atoms with Gasteiger partial charge in [-0.3, -0.25) is 9.89 Å². The molecule has 1 saturated heterocycles. The molecule has 2 heterocycles. The van der Waals surface area contributed by atoms with Crippen LogP contribution in [0.25, 0.3) is 11.5 Å². The molecule has 2 aromatic carbocycles. The van der Waals surface area contributed by atoms with E-state index < -0.39 is 0 Å². The number of morpholine rings is 1. The number of aromatic nitrogens is 1. The smallest absolute Gasteiger partial charge is 0.226 e. The average Bonchev–Trinajstić information content (AvgIpc) is 3.35. The summed E-state index contributed by atoms with van der Waals surface area (Å²) in [5, 5.41) is 6.61. The number of ether oxygens (including phenoxy) is 2. The van der Waals surface area contributed by atoms with Gasteiger partial charge in [0.25, 0.3) is 0 Å². The molecule has 0 radical (unpaired) electrons. The lowest BCUT2D eigenvalue weighted by atomic mass is 10.2. The van der Waals surface area contributed by atoms with Crippen LogP contribution in [0.3, 0.4) is 0 Å². The van der Waals surface area contributed by atoms with Gasteiger partial charge in [-0.1, -0.05) is 30.3 Å². The molecule has 1 aliphatic heterocycles. The van der Waals surface area contributed by atoms with Gasteiger partial charge >= 0.3 is 0 Å². The molecule has 4 rings (SSSR count). The highest BCUT2D eigenvalue weighted by Crippen LogP contribution is 2.18. The van der Waals surface area contributed by atoms with Gasteiger partial charge in [-0.25, -0.2) is 4.98 Å². The molecule has 0 bridgehead atoms. The maximum atomic E-state index is 5.95. The van der Waals surface area contributed by atoms with Crippen LogP contribution in [0.4, 0.5) is 0 Å². The van der Waals surface area contributed by atoms with Crippen LogP contribution >= 0.6 is 24.0 Å². The van der Waals surface area contributed by atoms with Crippen LogP contribution in [0.15, 0.2) is 70.3 Å². The quantitative estimate of drug-likeness (QED) is 0.229. The van der Waals surface area contributed by atoms with Crippen molar-refractivity contribution in [1.82, 2.24) is 20.5 Å². The van der Waals surface area contributed by atoms with E-state index in [2.05, 4.69) is 37.6 Å². The number of guanidine groups is 1. The van der Waals surface area contributed by atoms with Gasteiger partial charge in [-0.2, -0.15) is 0 Å². The van der Waals surface area contributed by atoms with E-state index in [1.165, 1.54) is 0 Å². The van der Waals surface area contributed by atoms with E-state index in [0.29, 0.717) is 31.5 Å². The second-order valence-corrected chi connectivity index (χ2v) is 7.74. The molecule has 9 heteroatoms. The van der Waals surface area contributed by atoms with Crippen LogP contribution in [0, 0.1) is 0 Å². The van der Waals surface area contributed by atoms with Crippen LogP contribution in [0.5, 0.6) is 5.75 Å². The van der Waals surface area contributed by atoms with Crippen LogP contribution in [0.2, 0.25) is 0 Å². The van der Waals surface area contributed by atoms with E-state index in [0.717, 1.165) is 55.4 Å². The first kappa shape index (κ1) is 26.0. The van der Waals surface area contributed by atoms with Crippen molar-refractivity contribution in [2.24, 2.45) is 4.99 Å². The number of oxazole rings is 1. The van der Waals surface area contributed by atoms with Gasteiger partial charge in [-0.15, -0.1) is 24.0 Å². The third-order valence-corrected chi connectivity index (χ3v) is 5.37. The normalized spacial score (nSPS) is 14.3. The molecule has 3 aromatic rings. The fraction of sp³-hybridized carbons (Fsp3) is 0.360. The second kappa shape index (κ2) is 13.9. The number of hydrogen-bond acceptors (Lipinski definition) is 6. The lowest BCUT2D eigenvalue weighted by molar-refractivity contribution is 0.0322. The van der Waals surface area contributed by atoms with Crippen molar-refractivity contribution in [3.05, 3.63) is 72.1 Å². The fourth-order valence-corrected chi connectivity index (χ4v) is 3.54. The third-order valence-electron chi connectivity index (χ3n) is 5.37. The Morgan fingerprint density at radius 1 is 1.06 bits per heavy atom. The molecule has 2 N–H and O–H groups in total. The van der Waals surface area contributed by atoms with Gasteiger partial charge < -0.3 is 24.5 Å². The van der Waals surface area contributed by atoms with Gasteiger partial charge in [0, 0.05) is 38.8 Å². The van der Waals surface area contributed by atoms with E-state index in [4.69, 9.17) is 13.9 Å². The SMILES string of the molecule is CN=C(NCc1cccc(OCCN2CCOCC2)c1)NCc1coc(-c2ccccc2)n1.I. The summed E-state index contributed by atoms with van der Waals surface area (Å²) < 4.78 is 16.9. The van der Waals surface area contributed by atoms with Crippen LogP contribution in [-0.4, -0.2) is 62.3 Å². The van der Waals surface area contributed by atoms with Crippen molar-refractivity contribution < 1.29 is 13.9 Å². The zero-order valence-corrected chi connectivity index (χ0v) is 21.7. The summed E-state index contributed by atoms with van der Waals surface area (Å²) >= 11 is 0.